The number of hydrogen-bond donors (Lipinski definition) is 2. The number of carbonyl (C=O) groups is 2. The molecule has 0 spiro atoms. The zero-order valence-corrected chi connectivity index (χ0v) is 16.7. The molecule has 2 rings (SSSR count). The summed E-state index contributed by atoms with van der Waals surface area (Å²) in [5, 5.41) is 2.61. The Morgan fingerprint density at radius 2 is 1.79 bits per heavy atom. The summed E-state index contributed by atoms with van der Waals surface area (Å²) in [5.74, 6) is -0.488. The number of ether oxygens (including phenoxy) is 1. The maximum absolute atomic E-state index is 12.9. The maximum Gasteiger partial charge on any atom is 0.248 e. The van der Waals surface area contributed by atoms with E-state index in [1.54, 1.807) is 19.9 Å². The van der Waals surface area contributed by atoms with E-state index < -0.39 is 21.8 Å². The van der Waals surface area contributed by atoms with E-state index in [9.17, 15) is 18.0 Å². The number of nitrogens with two attached hydrogens (primary N) is 1. The number of nitrogens with one attached hydrogen (secondary N) is 1. The highest BCUT2D eigenvalue weighted by atomic mass is 32.2. The average molecular weight is 405 g/mol. The molecule has 0 saturated carbocycles. The van der Waals surface area contributed by atoms with Crippen molar-refractivity contribution in [3.63, 3.8) is 0 Å². The van der Waals surface area contributed by atoms with Crippen LogP contribution in [0.15, 0.2) is 47.4 Å². The minimum absolute atomic E-state index is 0.0891. The molecule has 0 aliphatic carbocycles. The number of methoxy groups -OCH3 is 1. The number of amides is 2. The Balaban J connectivity index is 2.14. The van der Waals surface area contributed by atoms with Gasteiger partial charge in [-0.15, -0.1) is 0 Å². The van der Waals surface area contributed by atoms with Gasteiger partial charge in [-0.3, -0.25) is 9.59 Å². The molecule has 0 unspecified atom stereocenters. The van der Waals surface area contributed by atoms with Gasteiger partial charge in [0.15, 0.2) is 0 Å². The molecule has 0 atom stereocenters. The Kier molecular flexibility index (Phi) is 6.76. The van der Waals surface area contributed by atoms with Gasteiger partial charge in [-0.2, -0.15) is 4.31 Å². The lowest BCUT2D eigenvalue weighted by molar-refractivity contribution is -0.116. The highest BCUT2D eigenvalue weighted by Crippen LogP contribution is 2.23. The topological polar surface area (TPSA) is 119 Å². The van der Waals surface area contributed by atoms with Gasteiger partial charge >= 0.3 is 0 Å². The van der Waals surface area contributed by atoms with Crippen LogP contribution in [0.4, 0.5) is 5.69 Å². The number of anilines is 1. The maximum atomic E-state index is 12.9. The van der Waals surface area contributed by atoms with Crippen molar-refractivity contribution in [2.45, 2.75) is 18.7 Å². The van der Waals surface area contributed by atoms with Crippen molar-refractivity contribution in [1.29, 1.82) is 0 Å². The van der Waals surface area contributed by atoms with E-state index >= 15 is 0 Å². The number of sulfonamides is 1. The van der Waals surface area contributed by atoms with Crippen LogP contribution in [0.2, 0.25) is 0 Å². The van der Waals surface area contributed by atoms with E-state index in [0.717, 1.165) is 4.31 Å². The van der Waals surface area contributed by atoms with E-state index in [0.29, 0.717) is 22.6 Å². The molecule has 0 saturated heterocycles. The lowest BCUT2D eigenvalue weighted by Crippen LogP contribution is -2.37. The molecule has 8 nitrogen and oxygen atoms in total. The van der Waals surface area contributed by atoms with E-state index in [-0.39, 0.29) is 18.0 Å². The number of aryl methyl sites for hydroxylation is 1. The Morgan fingerprint density at radius 1 is 1.14 bits per heavy atom. The number of likely N-dealkylation sites (N-methyl/N-ethyl adjacent to an activating group) is 1. The standard InChI is InChI=1S/C19H23N3O5S/c1-4-22(28(25,26)16-9-10-17(27-3)13(2)11-16)12-18(23)21-15-7-5-14(6-8-15)19(20)24/h5-11H,4,12H2,1-3H3,(H2,20,24)(H,21,23). The number of primary amides is 1. The third-order valence-corrected chi connectivity index (χ3v) is 6.05. The summed E-state index contributed by atoms with van der Waals surface area (Å²) in [4.78, 5) is 23.5. The number of benzene rings is 2. The molecule has 2 aromatic carbocycles. The lowest BCUT2D eigenvalue weighted by atomic mass is 10.2. The van der Waals surface area contributed by atoms with Gasteiger partial charge in [0.25, 0.3) is 0 Å². The van der Waals surface area contributed by atoms with Crippen molar-refractivity contribution in [1.82, 2.24) is 4.31 Å². The molecule has 9 heteroatoms. The Labute approximate surface area is 164 Å². The quantitative estimate of drug-likeness (QED) is 0.693. The van der Waals surface area contributed by atoms with Crippen LogP contribution in [0.1, 0.15) is 22.8 Å². The average Bonchev–Trinajstić information content (AvgIpc) is 2.66. The first-order chi connectivity index (χ1) is 13.2. The molecule has 0 fully saturated rings. The molecule has 0 aromatic heterocycles. The second-order valence-electron chi connectivity index (χ2n) is 6.05. The first-order valence-electron chi connectivity index (χ1n) is 8.53. The summed E-state index contributed by atoms with van der Waals surface area (Å²) in [6, 6.07) is 10.5. The van der Waals surface area contributed by atoms with Gasteiger partial charge in [0.2, 0.25) is 21.8 Å². The minimum atomic E-state index is -3.85. The second kappa shape index (κ2) is 8.85. The van der Waals surface area contributed by atoms with Crippen LogP contribution in [-0.4, -0.2) is 44.7 Å². The van der Waals surface area contributed by atoms with Gasteiger partial charge in [-0.25, -0.2) is 8.42 Å². The van der Waals surface area contributed by atoms with Crippen LogP contribution in [0.3, 0.4) is 0 Å². The second-order valence-corrected chi connectivity index (χ2v) is 7.99. The van der Waals surface area contributed by atoms with E-state index in [1.807, 2.05) is 0 Å². The van der Waals surface area contributed by atoms with Crippen LogP contribution in [0.5, 0.6) is 5.75 Å². The van der Waals surface area contributed by atoms with Crippen LogP contribution < -0.4 is 15.8 Å². The normalized spacial score (nSPS) is 11.3. The van der Waals surface area contributed by atoms with Crippen molar-refractivity contribution < 1.29 is 22.7 Å². The smallest absolute Gasteiger partial charge is 0.248 e. The molecule has 0 aliphatic rings. The summed E-state index contributed by atoms with van der Waals surface area (Å²) in [7, 11) is -2.34. The van der Waals surface area contributed by atoms with Crippen LogP contribution in [-0.2, 0) is 14.8 Å². The van der Waals surface area contributed by atoms with E-state index in [4.69, 9.17) is 10.5 Å². The zero-order valence-electron chi connectivity index (χ0n) is 15.9. The van der Waals surface area contributed by atoms with Crippen molar-refractivity contribution in [2.75, 3.05) is 25.5 Å². The van der Waals surface area contributed by atoms with Gasteiger partial charge < -0.3 is 15.8 Å². The molecule has 0 aliphatic heterocycles. The molecule has 2 amide bonds. The van der Waals surface area contributed by atoms with E-state index in [1.165, 1.54) is 43.5 Å². The Bertz CT molecular complexity index is 972. The van der Waals surface area contributed by atoms with Crippen molar-refractivity contribution in [2.24, 2.45) is 5.73 Å². The minimum Gasteiger partial charge on any atom is -0.496 e. The molecule has 3 N–H and O–H groups in total. The van der Waals surface area contributed by atoms with Gasteiger partial charge in [0.05, 0.1) is 18.6 Å². The van der Waals surface area contributed by atoms with Gasteiger partial charge in [0.1, 0.15) is 5.75 Å². The summed E-state index contributed by atoms with van der Waals surface area (Å²) in [5.41, 5.74) is 6.60. The van der Waals surface area contributed by atoms with Crippen molar-refractivity contribution in [3.8, 4) is 5.75 Å². The predicted octanol–water partition coefficient (Wildman–Crippen LogP) is 1.75. The largest absolute Gasteiger partial charge is 0.496 e. The zero-order chi connectivity index (χ0) is 20.9. The molecular formula is C19H23N3O5S. The number of carbonyl (C=O) groups excluding carboxylic acids is 2. The fourth-order valence-corrected chi connectivity index (χ4v) is 4.10. The summed E-state index contributed by atoms with van der Waals surface area (Å²) in [6.45, 7) is 3.18. The molecule has 28 heavy (non-hydrogen) atoms. The van der Waals surface area contributed by atoms with Crippen LogP contribution in [0.25, 0.3) is 0 Å². The third-order valence-electron chi connectivity index (χ3n) is 4.13. The van der Waals surface area contributed by atoms with Gasteiger partial charge in [-0.1, -0.05) is 6.92 Å². The molecule has 150 valence electrons. The van der Waals surface area contributed by atoms with Gasteiger partial charge in [-0.05, 0) is 55.0 Å². The molecule has 0 bridgehead atoms. The molecule has 0 radical (unpaired) electrons. The number of nitrogens with zero attached hydrogens (tertiary/aromatic N) is 1. The molecule has 0 heterocycles. The SMILES string of the molecule is CCN(CC(=O)Nc1ccc(C(N)=O)cc1)S(=O)(=O)c1ccc(OC)c(C)c1. The highest BCUT2D eigenvalue weighted by Gasteiger charge is 2.26. The summed E-state index contributed by atoms with van der Waals surface area (Å²) >= 11 is 0. The van der Waals surface area contributed by atoms with Crippen molar-refractivity contribution in [3.05, 3.63) is 53.6 Å². The lowest BCUT2D eigenvalue weighted by Gasteiger charge is -2.20. The summed E-state index contributed by atoms with van der Waals surface area (Å²) < 4.78 is 32.0. The number of hydrogen-bond acceptors (Lipinski definition) is 5. The Morgan fingerprint density at radius 3 is 2.29 bits per heavy atom. The van der Waals surface area contributed by atoms with Gasteiger partial charge in [0, 0.05) is 17.8 Å². The first-order valence-corrected chi connectivity index (χ1v) is 9.97. The monoisotopic (exact) mass is 405 g/mol. The van der Waals surface area contributed by atoms with E-state index in [2.05, 4.69) is 5.32 Å². The van der Waals surface area contributed by atoms with Crippen LogP contribution in [0, 0.1) is 6.92 Å². The number of rotatable bonds is 8. The first kappa shape index (κ1) is 21.4. The Hall–Kier alpha value is -2.91. The third kappa shape index (κ3) is 4.87. The predicted molar refractivity (Wildman–Crippen MR) is 106 cm³/mol. The fourth-order valence-electron chi connectivity index (χ4n) is 2.61. The molecular weight excluding hydrogens is 382 g/mol. The molecule has 2 aromatic rings. The highest BCUT2D eigenvalue weighted by molar-refractivity contribution is 7.89. The van der Waals surface area contributed by atoms with Crippen LogP contribution >= 0.6 is 0 Å². The fraction of sp³-hybridized carbons (Fsp3) is 0.263. The summed E-state index contributed by atoms with van der Waals surface area (Å²) in [6.07, 6.45) is 0. The van der Waals surface area contributed by atoms with Crippen molar-refractivity contribution >= 4 is 27.5 Å².